The molecule has 5 rings (SSSR count). The Morgan fingerprint density at radius 1 is 1.09 bits per heavy atom. The first kappa shape index (κ1) is 20.6. The highest BCUT2D eigenvalue weighted by Gasteiger charge is 2.44. The standard InChI is InChI=1S/C26H21NO6/c1-2-31-18-11-9-16(10-12-18)23-22(24(28)21-14-17-6-3-4-8-20(17)33-21)25(29)26(30)27(23)15-19-7-5-13-32-19/h3-14,23,29H,2,15H2,1H3/t23-/m1/s1. The summed E-state index contributed by atoms with van der Waals surface area (Å²) in [7, 11) is 0. The molecular formula is C26H21NO6. The molecule has 0 saturated carbocycles. The van der Waals surface area contributed by atoms with Gasteiger partial charge in [-0.05, 0) is 48.9 Å². The van der Waals surface area contributed by atoms with Gasteiger partial charge in [-0.15, -0.1) is 0 Å². The zero-order valence-electron chi connectivity index (χ0n) is 17.9. The van der Waals surface area contributed by atoms with E-state index in [0.29, 0.717) is 29.3 Å². The maximum absolute atomic E-state index is 13.5. The molecule has 1 aliphatic rings. The van der Waals surface area contributed by atoms with Gasteiger partial charge in [0.1, 0.15) is 17.1 Å². The van der Waals surface area contributed by atoms with Crippen LogP contribution in [0.5, 0.6) is 5.75 Å². The number of rotatable bonds is 7. The summed E-state index contributed by atoms with van der Waals surface area (Å²) in [6.07, 6.45) is 1.51. The summed E-state index contributed by atoms with van der Waals surface area (Å²) in [5, 5.41) is 11.6. The van der Waals surface area contributed by atoms with E-state index in [0.717, 1.165) is 5.39 Å². The van der Waals surface area contributed by atoms with Crippen molar-refractivity contribution in [2.24, 2.45) is 0 Å². The number of nitrogens with zero attached hydrogens (tertiary/aromatic N) is 1. The van der Waals surface area contributed by atoms with Gasteiger partial charge in [0.15, 0.2) is 11.5 Å². The summed E-state index contributed by atoms with van der Waals surface area (Å²) >= 11 is 0. The number of aliphatic hydroxyl groups is 1. The predicted octanol–water partition coefficient (Wildman–Crippen LogP) is 5.20. The summed E-state index contributed by atoms with van der Waals surface area (Å²) in [5.41, 5.74) is 1.17. The van der Waals surface area contributed by atoms with Crippen LogP contribution in [0.4, 0.5) is 0 Å². The van der Waals surface area contributed by atoms with E-state index in [1.165, 1.54) is 11.2 Å². The van der Waals surface area contributed by atoms with Crippen LogP contribution in [0.3, 0.4) is 0 Å². The zero-order chi connectivity index (χ0) is 22.9. The number of aliphatic hydroxyl groups excluding tert-OH is 1. The number of para-hydroxylation sites is 1. The lowest BCUT2D eigenvalue weighted by Gasteiger charge is -2.26. The molecule has 3 heterocycles. The van der Waals surface area contributed by atoms with E-state index in [1.807, 2.05) is 25.1 Å². The van der Waals surface area contributed by atoms with Crippen molar-refractivity contribution in [1.29, 1.82) is 0 Å². The molecule has 33 heavy (non-hydrogen) atoms. The Kier molecular flexibility index (Phi) is 5.22. The van der Waals surface area contributed by atoms with E-state index in [9.17, 15) is 14.7 Å². The van der Waals surface area contributed by atoms with Crippen molar-refractivity contribution >= 4 is 22.7 Å². The molecule has 0 fully saturated rings. The Balaban J connectivity index is 1.58. The molecule has 166 valence electrons. The Hall–Kier alpha value is -4.26. The van der Waals surface area contributed by atoms with Gasteiger partial charge in [-0.25, -0.2) is 0 Å². The number of ether oxygens (including phenoxy) is 1. The second kappa shape index (κ2) is 8.35. The summed E-state index contributed by atoms with van der Waals surface area (Å²) < 4.78 is 16.7. The quantitative estimate of drug-likeness (QED) is 0.395. The van der Waals surface area contributed by atoms with Gasteiger partial charge in [0.2, 0.25) is 5.78 Å². The van der Waals surface area contributed by atoms with Gasteiger partial charge in [0.25, 0.3) is 5.91 Å². The zero-order valence-corrected chi connectivity index (χ0v) is 17.9. The third-order valence-corrected chi connectivity index (χ3v) is 5.61. The number of carbonyl (C=O) groups is 2. The average molecular weight is 443 g/mol. The smallest absolute Gasteiger partial charge is 0.290 e. The van der Waals surface area contributed by atoms with Gasteiger partial charge in [-0.1, -0.05) is 30.3 Å². The van der Waals surface area contributed by atoms with Crippen molar-refractivity contribution < 1.29 is 28.3 Å². The molecule has 0 bridgehead atoms. The largest absolute Gasteiger partial charge is 0.503 e. The fraction of sp³-hybridized carbons (Fsp3) is 0.154. The van der Waals surface area contributed by atoms with E-state index in [2.05, 4.69) is 0 Å². The SMILES string of the molecule is CCOc1ccc([C@@H]2C(C(=O)c3cc4ccccc4o3)=C(O)C(=O)N2Cc2ccco2)cc1. The molecule has 0 saturated heterocycles. The van der Waals surface area contributed by atoms with Gasteiger partial charge in [-0.2, -0.15) is 0 Å². The molecule has 0 spiro atoms. The lowest BCUT2D eigenvalue weighted by Crippen LogP contribution is -2.30. The minimum atomic E-state index is -0.820. The number of fused-ring (bicyclic) bond motifs is 1. The van der Waals surface area contributed by atoms with Crippen molar-refractivity contribution in [2.75, 3.05) is 6.61 Å². The monoisotopic (exact) mass is 443 g/mol. The molecule has 1 atom stereocenters. The van der Waals surface area contributed by atoms with E-state index >= 15 is 0 Å². The minimum absolute atomic E-state index is 0.0326. The topological polar surface area (TPSA) is 93.1 Å². The molecule has 0 aliphatic carbocycles. The van der Waals surface area contributed by atoms with Gasteiger partial charge < -0.3 is 23.6 Å². The summed E-state index contributed by atoms with van der Waals surface area (Å²) in [5.74, 6) is -0.527. The maximum Gasteiger partial charge on any atom is 0.290 e. The normalized spacial score (nSPS) is 16.1. The molecule has 2 aromatic carbocycles. The minimum Gasteiger partial charge on any atom is -0.503 e. The maximum atomic E-state index is 13.5. The number of amides is 1. The first-order valence-corrected chi connectivity index (χ1v) is 10.6. The first-order valence-electron chi connectivity index (χ1n) is 10.6. The van der Waals surface area contributed by atoms with Crippen molar-refractivity contribution in [1.82, 2.24) is 4.90 Å². The van der Waals surface area contributed by atoms with Crippen LogP contribution < -0.4 is 4.74 Å². The number of hydrogen-bond acceptors (Lipinski definition) is 6. The fourth-order valence-electron chi connectivity index (χ4n) is 4.11. The van der Waals surface area contributed by atoms with E-state index in [4.69, 9.17) is 13.6 Å². The van der Waals surface area contributed by atoms with Crippen LogP contribution in [-0.2, 0) is 11.3 Å². The Bertz CT molecular complexity index is 1310. The van der Waals surface area contributed by atoms with Crippen molar-refractivity contribution in [2.45, 2.75) is 19.5 Å². The summed E-state index contributed by atoms with van der Waals surface area (Å²) in [6.45, 7) is 2.49. The second-order valence-corrected chi connectivity index (χ2v) is 7.66. The average Bonchev–Trinajstić information content (AvgIpc) is 3.55. The third kappa shape index (κ3) is 3.67. The summed E-state index contributed by atoms with van der Waals surface area (Å²) in [4.78, 5) is 28.0. The number of hydrogen-bond donors (Lipinski definition) is 1. The molecule has 0 radical (unpaired) electrons. The predicted molar refractivity (Wildman–Crippen MR) is 120 cm³/mol. The molecule has 2 aromatic heterocycles. The van der Waals surface area contributed by atoms with Gasteiger partial charge in [-0.3, -0.25) is 9.59 Å². The molecule has 4 aromatic rings. The molecule has 0 unspecified atom stereocenters. The number of furan rings is 2. The fourth-order valence-corrected chi connectivity index (χ4v) is 4.11. The van der Waals surface area contributed by atoms with Gasteiger partial charge in [0.05, 0.1) is 31.0 Å². The van der Waals surface area contributed by atoms with Gasteiger partial charge in [0, 0.05) is 5.39 Å². The van der Waals surface area contributed by atoms with Gasteiger partial charge >= 0.3 is 0 Å². The van der Waals surface area contributed by atoms with Crippen molar-refractivity contribution in [3.05, 3.63) is 101 Å². The van der Waals surface area contributed by atoms with Crippen LogP contribution in [0.2, 0.25) is 0 Å². The number of benzene rings is 2. The third-order valence-electron chi connectivity index (χ3n) is 5.61. The molecular weight excluding hydrogens is 422 g/mol. The highest BCUT2D eigenvalue weighted by molar-refractivity contribution is 6.16. The number of carbonyl (C=O) groups excluding carboxylic acids is 2. The molecule has 1 aliphatic heterocycles. The van der Waals surface area contributed by atoms with Crippen molar-refractivity contribution in [3.63, 3.8) is 0 Å². The van der Waals surface area contributed by atoms with Crippen LogP contribution in [0.15, 0.2) is 93.2 Å². The van der Waals surface area contributed by atoms with E-state index in [1.54, 1.807) is 48.5 Å². The number of Topliss-reactive ketones (excluding diaryl/α,β-unsaturated/α-hetero) is 1. The molecule has 7 heteroatoms. The Morgan fingerprint density at radius 2 is 1.88 bits per heavy atom. The van der Waals surface area contributed by atoms with E-state index < -0.39 is 23.5 Å². The number of ketones is 1. The Labute approximate surface area is 189 Å². The van der Waals surface area contributed by atoms with Crippen LogP contribution in [0.1, 0.15) is 34.8 Å². The van der Waals surface area contributed by atoms with E-state index in [-0.39, 0.29) is 17.9 Å². The van der Waals surface area contributed by atoms with Crippen LogP contribution in [0.25, 0.3) is 11.0 Å². The first-order chi connectivity index (χ1) is 16.1. The highest BCUT2D eigenvalue weighted by atomic mass is 16.5. The second-order valence-electron chi connectivity index (χ2n) is 7.66. The Morgan fingerprint density at radius 3 is 2.58 bits per heavy atom. The molecule has 1 amide bonds. The van der Waals surface area contributed by atoms with Crippen molar-refractivity contribution in [3.8, 4) is 5.75 Å². The lowest BCUT2D eigenvalue weighted by molar-refractivity contribution is -0.130. The van der Waals surface area contributed by atoms with Crippen LogP contribution >= 0.6 is 0 Å². The highest BCUT2D eigenvalue weighted by Crippen LogP contribution is 2.41. The lowest BCUT2D eigenvalue weighted by atomic mass is 9.95. The van der Waals surface area contributed by atoms with Crippen LogP contribution in [-0.4, -0.2) is 28.3 Å². The summed E-state index contributed by atoms with van der Waals surface area (Å²) in [6, 6.07) is 18.6. The molecule has 1 N–H and O–H groups in total. The molecule has 7 nitrogen and oxygen atoms in total. The van der Waals surface area contributed by atoms with Crippen LogP contribution in [0, 0.1) is 0 Å².